The molecule has 4 nitrogen and oxygen atoms in total. The van der Waals surface area contributed by atoms with E-state index in [9.17, 15) is 8.42 Å². The summed E-state index contributed by atoms with van der Waals surface area (Å²) >= 11 is 0. The van der Waals surface area contributed by atoms with E-state index in [0.29, 0.717) is 0 Å². The van der Waals surface area contributed by atoms with Crippen molar-refractivity contribution in [3.8, 4) is 0 Å². The number of nitrogens with one attached hydrogen (secondary N) is 1. The molecule has 75 valence electrons. The standard InChI is InChI=1S/C9H10NO3S/c11-14(12,13)9-2-1-7-3-4-10-6-8(7)5-9/h1-2,5-6,10H,3-4H2,(H,11,12,13). The molecule has 1 heterocycles. The molecule has 2 rings (SSSR count). The van der Waals surface area contributed by atoms with Crippen molar-refractivity contribution in [2.75, 3.05) is 6.54 Å². The summed E-state index contributed by atoms with van der Waals surface area (Å²) in [6.45, 7) is 2.62. The van der Waals surface area contributed by atoms with Gasteiger partial charge in [0.15, 0.2) is 0 Å². The molecule has 1 aromatic carbocycles. The average Bonchev–Trinajstić information content (AvgIpc) is 2.16. The summed E-state index contributed by atoms with van der Waals surface area (Å²) in [7, 11) is -4.08. The van der Waals surface area contributed by atoms with Gasteiger partial charge in [0.2, 0.25) is 0 Å². The van der Waals surface area contributed by atoms with Crippen molar-refractivity contribution in [2.45, 2.75) is 11.3 Å². The molecule has 1 radical (unpaired) electrons. The van der Waals surface area contributed by atoms with Crippen molar-refractivity contribution in [3.05, 3.63) is 35.9 Å². The topological polar surface area (TPSA) is 66.4 Å². The second-order valence-corrected chi connectivity index (χ2v) is 4.61. The highest BCUT2D eigenvalue weighted by molar-refractivity contribution is 7.85. The molecule has 5 heteroatoms. The van der Waals surface area contributed by atoms with Crippen LogP contribution in [0, 0.1) is 6.54 Å². The van der Waals surface area contributed by atoms with E-state index < -0.39 is 10.1 Å². The lowest BCUT2D eigenvalue weighted by molar-refractivity contribution is 0.483. The predicted octanol–water partition coefficient (Wildman–Crippen LogP) is 0.589. The van der Waals surface area contributed by atoms with Gasteiger partial charge >= 0.3 is 0 Å². The lowest BCUT2D eigenvalue weighted by Crippen LogP contribution is -2.21. The Morgan fingerprint density at radius 3 is 2.86 bits per heavy atom. The van der Waals surface area contributed by atoms with Gasteiger partial charge in [-0.15, -0.1) is 0 Å². The van der Waals surface area contributed by atoms with Crippen LogP contribution in [0.4, 0.5) is 0 Å². The Bertz CT molecular complexity index is 453. The van der Waals surface area contributed by atoms with Gasteiger partial charge in [-0.1, -0.05) is 6.07 Å². The lowest BCUT2D eigenvalue weighted by atomic mass is 10.0. The molecule has 0 bridgehead atoms. The molecular weight excluding hydrogens is 202 g/mol. The molecule has 0 aliphatic carbocycles. The van der Waals surface area contributed by atoms with E-state index in [-0.39, 0.29) is 4.90 Å². The Morgan fingerprint density at radius 2 is 2.14 bits per heavy atom. The number of fused-ring (bicyclic) bond motifs is 1. The van der Waals surface area contributed by atoms with Gasteiger partial charge in [0, 0.05) is 0 Å². The first-order valence-corrected chi connectivity index (χ1v) is 5.68. The summed E-state index contributed by atoms with van der Waals surface area (Å²) < 4.78 is 30.5. The zero-order valence-corrected chi connectivity index (χ0v) is 8.21. The normalized spacial score (nSPS) is 16.4. The van der Waals surface area contributed by atoms with E-state index in [2.05, 4.69) is 5.32 Å². The summed E-state index contributed by atoms with van der Waals surface area (Å²) in [5.74, 6) is 0. The van der Waals surface area contributed by atoms with Gasteiger partial charge in [-0.2, -0.15) is 8.42 Å². The van der Waals surface area contributed by atoms with Crippen molar-refractivity contribution < 1.29 is 13.0 Å². The van der Waals surface area contributed by atoms with Crippen LogP contribution < -0.4 is 5.32 Å². The first-order chi connectivity index (χ1) is 6.57. The largest absolute Gasteiger partial charge is 0.308 e. The zero-order valence-electron chi connectivity index (χ0n) is 7.40. The highest BCUT2D eigenvalue weighted by Gasteiger charge is 2.14. The van der Waals surface area contributed by atoms with Crippen LogP contribution in [0.2, 0.25) is 0 Å². The van der Waals surface area contributed by atoms with Crippen LogP contribution >= 0.6 is 0 Å². The Balaban J connectivity index is 2.49. The third-order valence-electron chi connectivity index (χ3n) is 2.21. The van der Waals surface area contributed by atoms with Gasteiger partial charge in [0.25, 0.3) is 10.1 Å². The minimum absolute atomic E-state index is 0.0591. The molecule has 0 aromatic heterocycles. The second-order valence-electron chi connectivity index (χ2n) is 3.18. The van der Waals surface area contributed by atoms with Crippen LogP contribution in [-0.2, 0) is 16.5 Å². The van der Waals surface area contributed by atoms with Crippen LogP contribution in [0.1, 0.15) is 11.1 Å². The van der Waals surface area contributed by atoms with Crippen molar-refractivity contribution in [3.63, 3.8) is 0 Å². The molecule has 0 saturated carbocycles. The number of rotatable bonds is 1. The number of hydrogen-bond donors (Lipinski definition) is 2. The summed E-state index contributed by atoms with van der Waals surface area (Å²) in [6, 6.07) is 4.62. The zero-order chi connectivity index (χ0) is 10.2. The fourth-order valence-electron chi connectivity index (χ4n) is 1.48. The van der Waals surface area contributed by atoms with Crippen LogP contribution in [0.15, 0.2) is 23.1 Å². The SMILES string of the molecule is O=S(=O)(O)c1ccc2c(c1)[CH]NCC2. The quantitative estimate of drug-likeness (QED) is 0.669. The van der Waals surface area contributed by atoms with Crippen LogP contribution in [0.3, 0.4) is 0 Å². The Hall–Kier alpha value is -0.910. The first-order valence-electron chi connectivity index (χ1n) is 4.24. The third kappa shape index (κ3) is 1.79. The molecule has 2 N–H and O–H groups in total. The van der Waals surface area contributed by atoms with Crippen LogP contribution in [-0.4, -0.2) is 19.5 Å². The Labute approximate surface area is 82.7 Å². The van der Waals surface area contributed by atoms with Crippen LogP contribution in [0.25, 0.3) is 0 Å². The molecule has 0 spiro atoms. The van der Waals surface area contributed by atoms with E-state index in [1.54, 1.807) is 12.6 Å². The van der Waals surface area contributed by atoms with Gasteiger partial charge in [-0.3, -0.25) is 4.55 Å². The van der Waals surface area contributed by atoms with Crippen molar-refractivity contribution in [1.82, 2.24) is 5.32 Å². The average molecular weight is 212 g/mol. The van der Waals surface area contributed by atoms with E-state index in [4.69, 9.17) is 4.55 Å². The van der Waals surface area contributed by atoms with E-state index in [1.165, 1.54) is 12.1 Å². The summed E-state index contributed by atoms with van der Waals surface area (Å²) in [6.07, 6.45) is 0.873. The van der Waals surface area contributed by atoms with Crippen molar-refractivity contribution in [1.29, 1.82) is 0 Å². The van der Waals surface area contributed by atoms with Crippen LogP contribution in [0.5, 0.6) is 0 Å². The van der Waals surface area contributed by atoms with Gasteiger partial charge in [-0.05, 0) is 36.2 Å². The van der Waals surface area contributed by atoms with Crippen molar-refractivity contribution in [2.24, 2.45) is 0 Å². The summed E-state index contributed by atoms with van der Waals surface area (Å²) in [4.78, 5) is -0.0591. The predicted molar refractivity (Wildman–Crippen MR) is 51.4 cm³/mol. The van der Waals surface area contributed by atoms with E-state index in [1.807, 2.05) is 0 Å². The fourth-order valence-corrected chi connectivity index (χ4v) is 2.00. The molecule has 0 saturated heterocycles. The van der Waals surface area contributed by atoms with Crippen molar-refractivity contribution >= 4 is 10.1 Å². The monoisotopic (exact) mass is 212 g/mol. The van der Waals surface area contributed by atoms with E-state index in [0.717, 1.165) is 24.1 Å². The van der Waals surface area contributed by atoms with Gasteiger partial charge in [-0.25, -0.2) is 0 Å². The summed E-state index contributed by atoms with van der Waals surface area (Å²) in [5.41, 5.74) is 1.92. The number of hydrogen-bond acceptors (Lipinski definition) is 3. The molecule has 0 atom stereocenters. The highest BCUT2D eigenvalue weighted by atomic mass is 32.2. The van der Waals surface area contributed by atoms with Gasteiger partial charge in [0.1, 0.15) is 0 Å². The molecular formula is C9H10NO3S. The minimum Gasteiger partial charge on any atom is -0.308 e. The van der Waals surface area contributed by atoms with E-state index >= 15 is 0 Å². The maximum Gasteiger partial charge on any atom is 0.294 e. The molecule has 0 amide bonds. The smallest absolute Gasteiger partial charge is 0.294 e. The maximum atomic E-state index is 10.8. The maximum absolute atomic E-state index is 10.8. The molecule has 0 unspecified atom stereocenters. The molecule has 1 aliphatic heterocycles. The first kappa shape index (κ1) is 9.64. The molecule has 1 aromatic rings. The highest BCUT2D eigenvalue weighted by Crippen LogP contribution is 2.19. The van der Waals surface area contributed by atoms with Gasteiger partial charge < -0.3 is 5.32 Å². The molecule has 14 heavy (non-hydrogen) atoms. The molecule has 0 fully saturated rings. The molecule has 1 aliphatic rings. The minimum atomic E-state index is -4.08. The third-order valence-corrected chi connectivity index (χ3v) is 3.06. The fraction of sp³-hybridized carbons (Fsp3) is 0.222. The lowest BCUT2D eigenvalue weighted by Gasteiger charge is -2.16. The summed E-state index contributed by atoms with van der Waals surface area (Å²) in [5, 5.41) is 3.02. The number of benzene rings is 1. The second kappa shape index (κ2) is 3.34. The van der Waals surface area contributed by atoms with Gasteiger partial charge in [0.05, 0.1) is 11.4 Å². The Morgan fingerprint density at radius 1 is 1.36 bits per heavy atom. The Kier molecular flexibility index (Phi) is 2.30.